The molecule has 0 aromatic heterocycles. The van der Waals surface area contributed by atoms with Gasteiger partial charge in [0.2, 0.25) is 0 Å². The molecule has 52 valence electrons. The molecule has 0 aliphatic rings. The van der Waals surface area contributed by atoms with Gasteiger partial charge in [-0.1, -0.05) is 36.4 Å². The van der Waals surface area contributed by atoms with Crippen molar-refractivity contribution in [1.82, 2.24) is 0 Å². The van der Waals surface area contributed by atoms with Gasteiger partial charge in [0, 0.05) is 19.5 Å². The van der Waals surface area contributed by atoms with Gasteiger partial charge < -0.3 is 0 Å². The topological polar surface area (TPSA) is 17.1 Å². The van der Waals surface area contributed by atoms with Crippen LogP contribution in [-0.4, -0.2) is 6.29 Å². The van der Waals surface area contributed by atoms with Crippen molar-refractivity contribution in [2.45, 2.75) is 0 Å². The first-order valence-corrected chi connectivity index (χ1v) is 3.10. The van der Waals surface area contributed by atoms with Crippen LogP contribution in [0.1, 0.15) is 5.56 Å². The molecular formula is C9H8OZn. The summed E-state index contributed by atoms with van der Waals surface area (Å²) in [4.78, 5) is 9.89. The Morgan fingerprint density at radius 1 is 1.09 bits per heavy atom. The molecule has 0 unspecified atom stereocenters. The third kappa shape index (κ3) is 3.84. The number of hydrogen-bond donors (Lipinski definition) is 0. The predicted molar refractivity (Wildman–Crippen MR) is 41.5 cm³/mol. The second kappa shape index (κ2) is 6.00. The van der Waals surface area contributed by atoms with Crippen LogP contribution in [0.15, 0.2) is 36.4 Å². The van der Waals surface area contributed by atoms with Gasteiger partial charge in [-0.2, -0.15) is 0 Å². The molecule has 0 bridgehead atoms. The van der Waals surface area contributed by atoms with E-state index >= 15 is 0 Å². The molecule has 1 aromatic rings. The van der Waals surface area contributed by atoms with Crippen LogP contribution in [0.4, 0.5) is 0 Å². The summed E-state index contributed by atoms with van der Waals surface area (Å²) in [6.45, 7) is 0. The smallest absolute Gasteiger partial charge is 0.142 e. The Morgan fingerprint density at radius 2 is 1.73 bits per heavy atom. The molecule has 0 saturated carbocycles. The molecule has 1 aromatic carbocycles. The van der Waals surface area contributed by atoms with Crippen LogP contribution < -0.4 is 0 Å². The van der Waals surface area contributed by atoms with Gasteiger partial charge in [0.25, 0.3) is 0 Å². The van der Waals surface area contributed by atoms with Crippen LogP contribution in [0, 0.1) is 0 Å². The van der Waals surface area contributed by atoms with E-state index in [1.165, 1.54) is 6.08 Å². The van der Waals surface area contributed by atoms with E-state index < -0.39 is 0 Å². The van der Waals surface area contributed by atoms with Crippen LogP contribution in [0.25, 0.3) is 6.08 Å². The summed E-state index contributed by atoms with van der Waals surface area (Å²) in [5.74, 6) is 0. The van der Waals surface area contributed by atoms with E-state index in [9.17, 15) is 4.79 Å². The van der Waals surface area contributed by atoms with Crippen molar-refractivity contribution in [3.8, 4) is 0 Å². The summed E-state index contributed by atoms with van der Waals surface area (Å²) in [7, 11) is 0. The number of carbonyl (C=O) groups excluding carboxylic acids is 1. The molecule has 1 rings (SSSR count). The molecule has 0 atom stereocenters. The van der Waals surface area contributed by atoms with E-state index in [1.807, 2.05) is 30.3 Å². The maximum Gasteiger partial charge on any atom is 0.142 e. The van der Waals surface area contributed by atoms with Crippen molar-refractivity contribution in [2.24, 2.45) is 0 Å². The zero-order valence-corrected chi connectivity index (χ0v) is 9.20. The Hall–Kier alpha value is -0.747. The zero-order chi connectivity index (χ0) is 7.23. The van der Waals surface area contributed by atoms with Crippen molar-refractivity contribution in [3.05, 3.63) is 42.0 Å². The minimum absolute atomic E-state index is 0. The van der Waals surface area contributed by atoms with Crippen LogP contribution in [0.5, 0.6) is 0 Å². The molecule has 0 radical (unpaired) electrons. The van der Waals surface area contributed by atoms with Crippen molar-refractivity contribution in [3.63, 3.8) is 0 Å². The molecule has 0 aliphatic carbocycles. The van der Waals surface area contributed by atoms with Gasteiger partial charge in [0.1, 0.15) is 6.29 Å². The normalized spacial score (nSPS) is 9.09. The van der Waals surface area contributed by atoms with Crippen molar-refractivity contribution >= 4 is 12.4 Å². The van der Waals surface area contributed by atoms with Gasteiger partial charge in [-0.15, -0.1) is 0 Å². The molecule has 0 spiro atoms. The fourth-order valence-corrected chi connectivity index (χ4v) is 0.715. The Kier molecular flexibility index (Phi) is 5.59. The van der Waals surface area contributed by atoms with E-state index in [4.69, 9.17) is 0 Å². The molecule has 0 heterocycles. The number of hydrogen-bond acceptors (Lipinski definition) is 1. The van der Waals surface area contributed by atoms with Crippen LogP contribution in [0.3, 0.4) is 0 Å². The van der Waals surface area contributed by atoms with Crippen LogP contribution in [-0.2, 0) is 24.3 Å². The zero-order valence-electron chi connectivity index (χ0n) is 6.23. The number of benzene rings is 1. The fraction of sp³-hybridized carbons (Fsp3) is 0. The van der Waals surface area contributed by atoms with Gasteiger partial charge in [-0.05, 0) is 11.6 Å². The molecule has 0 N–H and O–H groups in total. The predicted octanol–water partition coefficient (Wildman–Crippen LogP) is 1.90. The maximum atomic E-state index is 9.89. The average Bonchev–Trinajstić information content (AvgIpc) is 2.03. The van der Waals surface area contributed by atoms with Gasteiger partial charge in [0.15, 0.2) is 0 Å². The van der Waals surface area contributed by atoms with E-state index in [0.717, 1.165) is 11.8 Å². The number of allylic oxidation sites excluding steroid dienone is 1. The van der Waals surface area contributed by atoms with Gasteiger partial charge in [0.05, 0.1) is 0 Å². The standard InChI is InChI=1S/C9H8O.Zn/c10-8-4-7-9-5-2-1-3-6-9;/h1-8H;/b7-4+;. The molecule has 2 heteroatoms. The van der Waals surface area contributed by atoms with E-state index in [0.29, 0.717) is 0 Å². The molecule has 11 heavy (non-hydrogen) atoms. The summed E-state index contributed by atoms with van der Waals surface area (Å²) in [6, 6.07) is 9.70. The average molecular weight is 198 g/mol. The minimum atomic E-state index is 0. The Balaban J connectivity index is 0.000001000. The summed E-state index contributed by atoms with van der Waals surface area (Å²) in [5.41, 5.74) is 1.05. The first-order chi connectivity index (χ1) is 4.93. The van der Waals surface area contributed by atoms with E-state index in [-0.39, 0.29) is 19.5 Å². The summed E-state index contributed by atoms with van der Waals surface area (Å²) >= 11 is 0. The molecule has 0 fully saturated rings. The van der Waals surface area contributed by atoms with E-state index in [2.05, 4.69) is 0 Å². The second-order valence-corrected chi connectivity index (χ2v) is 1.91. The van der Waals surface area contributed by atoms with Crippen molar-refractivity contribution in [1.29, 1.82) is 0 Å². The summed E-state index contributed by atoms with van der Waals surface area (Å²) < 4.78 is 0. The Labute approximate surface area is 78.9 Å². The Morgan fingerprint density at radius 3 is 2.27 bits per heavy atom. The molecular weight excluding hydrogens is 189 g/mol. The van der Waals surface area contributed by atoms with Crippen LogP contribution in [0.2, 0.25) is 0 Å². The van der Waals surface area contributed by atoms with Crippen molar-refractivity contribution < 1.29 is 24.3 Å². The third-order valence-electron chi connectivity index (χ3n) is 1.17. The van der Waals surface area contributed by atoms with Crippen molar-refractivity contribution in [2.75, 3.05) is 0 Å². The SMILES string of the molecule is O=C/C=C/c1ccccc1.[Zn]. The first-order valence-electron chi connectivity index (χ1n) is 3.10. The molecule has 1 nitrogen and oxygen atoms in total. The number of carbonyl (C=O) groups is 1. The summed E-state index contributed by atoms with van der Waals surface area (Å²) in [5, 5.41) is 0. The van der Waals surface area contributed by atoms with E-state index in [1.54, 1.807) is 6.08 Å². The monoisotopic (exact) mass is 196 g/mol. The Bertz CT molecular complexity index is 229. The third-order valence-corrected chi connectivity index (χ3v) is 1.17. The van der Waals surface area contributed by atoms with Gasteiger partial charge in [-0.3, -0.25) is 4.79 Å². The van der Waals surface area contributed by atoms with Gasteiger partial charge >= 0.3 is 0 Å². The van der Waals surface area contributed by atoms with Gasteiger partial charge in [-0.25, -0.2) is 0 Å². The quantitative estimate of drug-likeness (QED) is 0.402. The largest absolute Gasteiger partial charge is 0.299 e. The minimum Gasteiger partial charge on any atom is -0.299 e. The molecule has 0 saturated heterocycles. The maximum absolute atomic E-state index is 9.89. The fourth-order valence-electron chi connectivity index (χ4n) is 0.715. The van der Waals surface area contributed by atoms with Crippen LogP contribution >= 0.6 is 0 Å². The number of rotatable bonds is 2. The molecule has 0 aliphatic heterocycles. The number of aldehydes is 1. The summed E-state index contributed by atoms with van der Waals surface area (Å²) in [6.07, 6.45) is 4.02. The molecule has 0 amide bonds. The first kappa shape index (κ1) is 10.3. The second-order valence-electron chi connectivity index (χ2n) is 1.91.